The summed E-state index contributed by atoms with van der Waals surface area (Å²) in [4.78, 5) is 1.22. The molecule has 1 atom stereocenters. The molecule has 1 fully saturated rings. The van der Waals surface area contributed by atoms with Crippen LogP contribution in [0.5, 0.6) is 0 Å². The lowest BCUT2D eigenvalue weighted by Crippen LogP contribution is -2.37. The van der Waals surface area contributed by atoms with E-state index in [1.165, 1.54) is 17.7 Å². The molecule has 1 aliphatic heterocycles. The number of nitrogens with one attached hydrogen (secondary N) is 2. The normalized spacial score (nSPS) is 20.5. The zero-order valence-corrected chi connectivity index (χ0v) is 12.7. The van der Waals surface area contributed by atoms with Gasteiger partial charge in [0, 0.05) is 17.5 Å². The molecule has 0 aromatic carbocycles. The number of sulfonamides is 1. The van der Waals surface area contributed by atoms with E-state index in [0.29, 0.717) is 19.0 Å². The molecule has 108 valence electrons. The van der Waals surface area contributed by atoms with E-state index in [4.69, 9.17) is 0 Å². The van der Waals surface area contributed by atoms with Gasteiger partial charge in [-0.25, -0.2) is 13.1 Å². The minimum atomic E-state index is -3.12. The molecule has 1 aromatic rings. The molecule has 0 aliphatic carbocycles. The Hall–Kier alpha value is -0.430. The summed E-state index contributed by atoms with van der Waals surface area (Å²) in [6, 6.07) is 4.40. The molecule has 2 heterocycles. The molecular weight excluding hydrogens is 280 g/mol. The van der Waals surface area contributed by atoms with Gasteiger partial charge in [-0.2, -0.15) is 0 Å². The van der Waals surface area contributed by atoms with Gasteiger partial charge in [-0.1, -0.05) is 12.5 Å². The summed E-state index contributed by atoms with van der Waals surface area (Å²) >= 11 is 1.66. The monoisotopic (exact) mass is 302 g/mol. The van der Waals surface area contributed by atoms with E-state index in [1.807, 2.05) is 17.5 Å². The topological polar surface area (TPSA) is 58.2 Å². The quantitative estimate of drug-likeness (QED) is 0.806. The van der Waals surface area contributed by atoms with Crippen molar-refractivity contribution in [1.29, 1.82) is 0 Å². The van der Waals surface area contributed by atoms with Crippen LogP contribution in [0.3, 0.4) is 0 Å². The van der Waals surface area contributed by atoms with Gasteiger partial charge in [0.05, 0.1) is 5.75 Å². The van der Waals surface area contributed by atoms with Gasteiger partial charge in [0.15, 0.2) is 0 Å². The van der Waals surface area contributed by atoms with Crippen LogP contribution in [0.4, 0.5) is 0 Å². The van der Waals surface area contributed by atoms with Crippen LogP contribution in [0.2, 0.25) is 0 Å². The van der Waals surface area contributed by atoms with Crippen molar-refractivity contribution in [3.05, 3.63) is 22.4 Å². The van der Waals surface area contributed by atoms with Crippen molar-refractivity contribution < 1.29 is 8.42 Å². The number of thiophene rings is 1. The Balaban J connectivity index is 1.66. The van der Waals surface area contributed by atoms with Crippen LogP contribution in [-0.2, 0) is 16.4 Å². The molecule has 2 rings (SSSR count). The maximum Gasteiger partial charge on any atom is 0.211 e. The van der Waals surface area contributed by atoms with Crippen molar-refractivity contribution >= 4 is 21.4 Å². The first-order chi connectivity index (χ1) is 9.16. The van der Waals surface area contributed by atoms with Gasteiger partial charge in [0.2, 0.25) is 10.0 Å². The van der Waals surface area contributed by atoms with Crippen molar-refractivity contribution in [3.63, 3.8) is 0 Å². The van der Waals surface area contributed by atoms with Gasteiger partial charge < -0.3 is 5.32 Å². The van der Waals surface area contributed by atoms with Crippen molar-refractivity contribution in [3.8, 4) is 0 Å². The van der Waals surface area contributed by atoms with Gasteiger partial charge in [-0.05, 0) is 43.7 Å². The molecule has 0 amide bonds. The van der Waals surface area contributed by atoms with E-state index in [2.05, 4.69) is 10.0 Å². The van der Waals surface area contributed by atoms with Crippen LogP contribution >= 0.6 is 11.3 Å². The van der Waals surface area contributed by atoms with Gasteiger partial charge >= 0.3 is 0 Å². The average Bonchev–Trinajstić information content (AvgIpc) is 2.91. The van der Waals surface area contributed by atoms with Crippen molar-refractivity contribution in [1.82, 2.24) is 10.0 Å². The first kappa shape index (κ1) is 15.0. The minimum Gasteiger partial charge on any atom is -0.314 e. The van der Waals surface area contributed by atoms with Gasteiger partial charge in [-0.15, -0.1) is 11.3 Å². The number of hydrogen-bond acceptors (Lipinski definition) is 4. The van der Waals surface area contributed by atoms with E-state index in [9.17, 15) is 8.42 Å². The molecule has 1 aliphatic rings. The summed E-state index contributed by atoms with van der Waals surface area (Å²) in [6.45, 7) is 1.53. The van der Waals surface area contributed by atoms with Crippen LogP contribution in [0.1, 0.15) is 30.6 Å². The lowest BCUT2D eigenvalue weighted by atomic mass is 10.0. The van der Waals surface area contributed by atoms with E-state index in [0.717, 1.165) is 19.4 Å². The molecule has 0 saturated carbocycles. The predicted molar refractivity (Wildman–Crippen MR) is 80.1 cm³/mol. The van der Waals surface area contributed by atoms with Gasteiger partial charge in [-0.3, -0.25) is 0 Å². The van der Waals surface area contributed by atoms with E-state index < -0.39 is 10.0 Å². The lowest BCUT2D eigenvalue weighted by Gasteiger charge is -2.23. The second-order valence-corrected chi connectivity index (χ2v) is 7.94. The fourth-order valence-electron chi connectivity index (χ4n) is 2.32. The van der Waals surface area contributed by atoms with Crippen LogP contribution in [0.25, 0.3) is 0 Å². The third-order valence-electron chi connectivity index (χ3n) is 3.42. The number of piperidine rings is 1. The lowest BCUT2D eigenvalue weighted by molar-refractivity contribution is 0.392. The van der Waals surface area contributed by atoms with Crippen LogP contribution in [-0.4, -0.2) is 33.3 Å². The Morgan fingerprint density at radius 1 is 1.42 bits per heavy atom. The van der Waals surface area contributed by atoms with Gasteiger partial charge in [0.25, 0.3) is 0 Å². The summed E-state index contributed by atoms with van der Waals surface area (Å²) in [5.41, 5.74) is 0. The third-order valence-corrected chi connectivity index (χ3v) is 5.77. The maximum atomic E-state index is 11.9. The smallest absolute Gasteiger partial charge is 0.211 e. The predicted octanol–water partition coefficient (Wildman–Crippen LogP) is 1.74. The summed E-state index contributed by atoms with van der Waals surface area (Å²) < 4.78 is 26.4. The summed E-state index contributed by atoms with van der Waals surface area (Å²) in [7, 11) is -3.12. The largest absolute Gasteiger partial charge is 0.314 e. The highest BCUT2D eigenvalue weighted by Crippen LogP contribution is 2.11. The Bertz CT molecular complexity index is 451. The van der Waals surface area contributed by atoms with Crippen molar-refractivity contribution in [2.75, 3.05) is 18.8 Å². The average molecular weight is 302 g/mol. The van der Waals surface area contributed by atoms with E-state index in [1.54, 1.807) is 11.3 Å². The minimum absolute atomic E-state index is 0.231. The highest BCUT2D eigenvalue weighted by molar-refractivity contribution is 7.89. The fraction of sp³-hybridized carbons (Fsp3) is 0.692. The SMILES string of the molecule is O=S(=O)(CCC1CCCCN1)NCCc1cccs1. The molecule has 19 heavy (non-hydrogen) atoms. The molecule has 2 N–H and O–H groups in total. The molecule has 6 heteroatoms. The maximum absolute atomic E-state index is 11.9. The Kier molecular flexibility index (Phi) is 5.81. The summed E-state index contributed by atoms with van der Waals surface area (Å²) in [5, 5.41) is 5.39. The third kappa shape index (κ3) is 5.60. The Morgan fingerprint density at radius 3 is 3.00 bits per heavy atom. The van der Waals surface area contributed by atoms with Crippen LogP contribution in [0, 0.1) is 0 Å². The molecular formula is C13H22N2O2S2. The molecule has 1 aromatic heterocycles. The first-order valence-corrected chi connectivity index (χ1v) is 9.42. The van der Waals surface area contributed by atoms with Crippen LogP contribution < -0.4 is 10.0 Å². The Morgan fingerprint density at radius 2 is 2.32 bits per heavy atom. The molecule has 1 saturated heterocycles. The number of rotatable bonds is 7. The summed E-state index contributed by atoms with van der Waals surface area (Å²) in [5.74, 6) is 0.231. The fourth-order valence-corrected chi connectivity index (χ4v) is 4.19. The van der Waals surface area contributed by atoms with E-state index >= 15 is 0 Å². The molecule has 0 bridgehead atoms. The highest BCUT2D eigenvalue weighted by Gasteiger charge is 2.16. The van der Waals surface area contributed by atoms with Crippen molar-refractivity contribution in [2.45, 2.75) is 38.1 Å². The highest BCUT2D eigenvalue weighted by atomic mass is 32.2. The zero-order chi connectivity index (χ0) is 13.6. The molecule has 0 radical (unpaired) electrons. The standard InChI is InChI=1S/C13H22N2O2S2/c16-19(17,11-7-12-4-1-2-8-14-12)15-9-6-13-5-3-10-18-13/h3,5,10,12,14-15H,1-2,4,6-9,11H2. The van der Waals surface area contributed by atoms with Crippen molar-refractivity contribution in [2.24, 2.45) is 0 Å². The van der Waals surface area contributed by atoms with Crippen LogP contribution in [0.15, 0.2) is 17.5 Å². The molecule has 4 nitrogen and oxygen atoms in total. The molecule has 1 unspecified atom stereocenters. The second kappa shape index (κ2) is 7.38. The zero-order valence-electron chi connectivity index (χ0n) is 11.1. The second-order valence-electron chi connectivity index (χ2n) is 4.98. The Labute approximate surface area is 119 Å². The number of hydrogen-bond donors (Lipinski definition) is 2. The first-order valence-electron chi connectivity index (χ1n) is 6.89. The molecule has 0 spiro atoms. The van der Waals surface area contributed by atoms with E-state index in [-0.39, 0.29) is 5.75 Å². The van der Waals surface area contributed by atoms with Gasteiger partial charge in [0.1, 0.15) is 0 Å². The summed E-state index contributed by atoms with van der Waals surface area (Å²) in [6.07, 6.45) is 5.02.